The fourth-order valence-electron chi connectivity index (χ4n) is 8.67. The zero-order valence-corrected chi connectivity index (χ0v) is 22.3. The molecule has 39 heavy (non-hydrogen) atoms. The number of halogens is 6. The van der Waals surface area contributed by atoms with Crippen molar-refractivity contribution in [2.75, 3.05) is 13.6 Å². The van der Waals surface area contributed by atoms with Gasteiger partial charge >= 0.3 is 12.4 Å². The van der Waals surface area contributed by atoms with Crippen molar-refractivity contribution >= 4 is 11.8 Å². The molecule has 2 amide bonds. The Kier molecular flexibility index (Phi) is 6.66. The SMILES string of the molecule is CN1C(=O)C=C[C@@]2(C)C1CC[C@@H]1[C@H]2CC[C@]2(C)C(CNC(=O)c3ccc(C(F)(F)F)c(C(F)(F)F)c3)CC[C@@H]12. The Morgan fingerprint density at radius 1 is 0.974 bits per heavy atom. The van der Waals surface area contributed by atoms with Crippen molar-refractivity contribution in [3.8, 4) is 0 Å². The van der Waals surface area contributed by atoms with Crippen LogP contribution in [-0.4, -0.2) is 36.3 Å². The quantitative estimate of drug-likeness (QED) is 0.421. The number of likely N-dealkylation sites (N-methyl/N-ethyl adjacent to an activating group) is 1. The van der Waals surface area contributed by atoms with Crippen LogP contribution in [0.15, 0.2) is 30.4 Å². The highest BCUT2D eigenvalue weighted by Gasteiger charge is 2.60. The molecule has 4 aliphatic rings. The summed E-state index contributed by atoms with van der Waals surface area (Å²) in [5.74, 6) is 0.742. The van der Waals surface area contributed by atoms with E-state index in [1.807, 2.05) is 11.9 Å². The van der Waals surface area contributed by atoms with E-state index < -0.39 is 35.0 Å². The highest BCUT2D eigenvalue weighted by atomic mass is 19.4. The molecule has 0 saturated heterocycles. The molecule has 5 rings (SSSR count). The monoisotopic (exact) mass is 556 g/mol. The number of benzene rings is 1. The zero-order chi connectivity index (χ0) is 28.5. The van der Waals surface area contributed by atoms with E-state index in [1.54, 1.807) is 6.08 Å². The molecule has 1 N–H and O–H groups in total. The minimum atomic E-state index is -5.24. The number of hydrogen-bond acceptors (Lipinski definition) is 2. The lowest BCUT2D eigenvalue weighted by atomic mass is 9.47. The molecule has 0 bridgehead atoms. The van der Waals surface area contributed by atoms with Crippen molar-refractivity contribution in [2.24, 2.45) is 34.5 Å². The van der Waals surface area contributed by atoms with E-state index in [0.29, 0.717) is 29.9 Å². The van der Waals surface area contributed by atoms with Crippen LogP contribution in [0.1, 0.15) is 73.9 Å². The van der Waals surface area contributed by atoms with E-state index in [4.69, 9.17) is 0 Å². The van der Waals surface area contributed by atoms with Gasteiger partial charge in [-0.3, -0.25) is 9.59 Å². The van der Waals surface area contributed by atoms with Crippen molar-refractivity contribution in [3.63, 3.8) is 0 Å². The largest absolute Gasteiger partial charge is 0.417 e. The topological polar surface area (TPSA) is 49.4 Å². The number of amides is 2. The molecule has 214 valence electrons. The molecule has 1 aromatic carbocycles. The van der Waals surface area contributed by atoms with Gasteiger partial charge in [0.05, 0.1) is 11.1 Å². The first-order valence-corrected chi connectivity index (χ1v) is 13.6. The summed E-state index contributed by atoms with van der Waals surface area (Å²) in [6.45, 7) is 4.78. The Morgan fingerprint density at radius 3 is 2.33 bits per heavy atom. The first-order chi connectivity index (χ1) is 18.1. The molecule has 4 nitrogen and oxygen atoms in total. The van der Waals surface area contributed by atoms with Gasteiger partial charge in [-0.2, -0.15) is 26.3 Å². The number of carbonyl (C=O) groups is 2. The Bertz CT molecular complexity index is 1190. The first-order valence-electron chi connectivity index (χ1n) is 13.6. The smallest absolute Gasteiger partial charge is 0.352 e. The van der Waals surface area contributed by atoms with Crippen molar-refractivity contribution in [3.05, 3.63) is 47.0 Å². The van der Waals surface area contributed by atoms with Gasteiger partial charge in [-0.1, -0.05) is 19.9 Å². The molecule has 1 aliphatic heterocycles. The van der Waals surface area contributed by atoms with E-state index in [-0.39, 0.29) is 35.2 Å². The van der Waals surface area contributed by atoms with E-state index >= 15 is 0 Å². The van der Waals surface area contributed by atoms with Crippen LogP contribution in [0.25, 0.3) is 0 Å². The summed E-state index contributed by atoms with van der Waals surface area (Å²) in [7, 11) is 1.88. The van der Waals surface area contributed by atoms with Gasteiger partial charge in [0, 0.05) is 30.6 Å². The normalized spacial score (nSPS) is 36.3. The molecule has 0 spiro atoms. The fourth-order valence-corrected chi connectivity index (χ4v) is 8.67. The average Bonchev–Trinajstić information content (AvgIpc) is 3.20. The second-order valence-corrected chi connectivity index (χ2v) is 12.4. The van der Waals surface area contributed by atoms with Gasteiger partial charge in [-0.25, -0.2) is 0 Å². The summed E-state index contributed by atoms with van der Waals surface area (Å²) >= 11 is 0. The third-order valence-electron chi connectivity index (χ3n) is 10.7. The fraction of sp³-hybridized carbons (Fsp3) is 0.655. The lowest BCUT2D eigenvalue weighted by Crippen LogP contribution is -2.59. The van der Waals surface area contributed by atoms with Gasteiger partial charge in [-0.15, -0.1) is 0 Å². The van der Waals surface area contributed by atoms with E-state index in [9.17, 15) is 35.9 Å². The summed E-state index contributed by atoms with van der Waals surface area (Å²) in [4.78, 5) is 27.0. The predicted molar refractivity (Wildman–Crippen MR) is 132 cm³/mol. The second-order valence-electron chi connectivity index (χ2n) is 12.4. The van der Waals surface area contributed by atoms with Crippen LogP contribution in [0.3, 0.4) is 0 Å². The van der Waals surface area contributed by atoms with Crippen LogP contribution < -0.4 is 5.32 Å². The van der Waals surface area contributed by atoms with E-state index in [0.717, 1.165) is 44.6 Å². The Hall–Kier alpha value is -2.52. The maximum atomic E-state index is 13.3. The molecule has 7 atom stereocenters. The lowest BCUT2D eigenvalue weighted by Gasteiger charge is -2.60. The number of hydrogen-bond donors (Lipinski definition) is 1. The maximum absolute atomic E-state index is 13.3. The van der Waals surface area contributed by atoms with Gasteiger partial charge in [-0.05, 0) is 91.9 Å². The second kappa shape index (κ2) is 9.26. The number of fused-ring (bicyclic) bond motifs is 5. The molecule has 3 fully saturated rings. The Balaban J connectivity index is 1.30. The minimum absolute atomic E-state index is 0.0450. The third kappa shape index (κ3) is 4.55. The molecule has 0 radical (unpaired) electrons. The van der Waals surface area contributed by atoms with E-state index in [2.05, 4.69) is 25.2 Å². The van der Waals surface area contributed by atoms with Gasteiger partial charge in [0.2, 0.25) is 5.91 Å². The van der Waals surface area contributed by atoms with Crippen LogP contribution in [0.4, 0.5) is 26.3 Å². The van der Waals surface area contributed by atoms with Crippen LogP contribution in [-0.2, 0) is 17.1 Å². The van der Waals surface area contributed by atoms with Crippen molar-refractivity contribution < 1.29 is 35.9 Å². The maximum Gasteiger partial charge on any atom is 0.417 e. The molecule has 1 aromatic rings. The molecular weight excluding hydrogens is 522 g/mol. The molecule has 10 heteroatoms. The first kappa shape index (κ1) is 28.0. The summed E-state index contributed by atoms with van der Waals surface area (Å²) in [5, 5.41) is 2.73. The number of nitrogens with one attached hydrogen (secondary N) is 1. The van der Waals surface area contributed by atoms with Crippen molar-refractivity contribution in [1.82, 2.24) is 10.2 Å². The minimum Gasteiger partial charge on any atom is -0.352 e. The lowest BCUT2D eigenvalue weighted by molar-refractivity contribution is -0.162. The van der Waals surface area contributed by atoms with Crippen molar-refractivity contribution in [2.45, 2.75) is 70.8 Å². The zero-order valence-electron chi connectivity index (χ0n) is 22.3. The Labute approximate surface area is 224 Å². The summed E-state index contributed by atoms with van der Waals surface area (Å²) in [5.41, 5.74) is -4.23. The summed E-state index contributed by atoms with van der Waals surface area (Å²) in [6, 6.07) is 1.60. The Morgan fingerprint density at radius 2 is 1.67 bits per heavy atom. The predicted octanol–water partition coefficient (Wildman–Crippen LogP) is 6.71. The summed E-state index contributed by atoms with van der Waals surface area (Å²) in [6.07, 6.45) is -0.819. The molecular formula is C29H34F6N2O2. The number of alkyl halides is 6. The van der Waals surface area contributed by atoms with Gasteiger partial charge < -0.3 is 10.2 Å². The highest BCUT2D eigenvalue weighted by molar-refractivity contribution is 5.94. The van der Waals surface area contributed by atoms with Gasteiger partial charge in [0.1, 0.15) is 0 Å². The number of nitrogens with zero attached hydrogens (tertiary/aromatic N) is 1. The third-order valence-corrected chi connectivity index (χ3v) is 10.7. The molecule has 1 heterocycles. The van der Waals surface area contributed by atoms with Crippen molar-refractivity contribution in [1.29, 1.82) is 0 Å². The molecule has 0 aromatic heterocycles. The average molecular weight is 557 g/mol. The standard InChI is InChI=1S/C29H34F6N2O2/c1-26-12-10-20-18(6-9-23-27(20,2)13-11-24(38)37(23)3)19(26)8-5-17(26)15-36-25(39)16-4-7-21(28(30,31)32)22(14-16)29(33,34)35/h4,7,11,13-14,17-20,23H,5-6,8-10,12,15H2,1-3H3,(H,36,39)/t17?,18-,19-,20+,23?,26+,27+/m0/s1. The molecule has 2 unspecified atom stereocenters. The van der Waals surface area contributed by atoms with Crippen LogP contribution in [0, 0.1) is 34.5 Å². The van der Waals surface area contributed by atoms with Crippen LogP contribution in [0.5, 0.6) is 0 Å². The van der Waals surface area contributed by atoms with Crippen LogP contribution >= 0.6 is 0 Å². The number of rotatable bonds is 3. The summed E-state index contributed by atoms with van der Waals surface area (Å²) < 4.78 is 79.4. The van der Waals surface area contributed by atoms with Gasteiger partial charge in [0.15, 0.2) is 0 Å². The van der Waals surface area contributed by atoms with Crippen LogP contribution in [0.2, 0.25) is 0 Å². The number of carbonyl (C=O) groups excluding carboxylic acids is 2. The molecule has 3 saturated carbocycles. The highest BCUT2D eigenvalue weighted by Crippen LogP contribution is 2.65. The van der Waals surface area contributed by atoms with E-state index in [1.165, 1.54) is 0 Å². The van der Waals surface area contributed by atoms with Gasteiger partial charge in [0.25, 0.3) is 5.91 Å². The molecule has 3 aliphatic carbocycles.